The second-order valence-electron chi connectivity index (χ2n) is 4.24. The van der Waals surface area contributed by atoms with Crippen molar-refractivity contribution in [2.45, 2.75) is 37.0 Å². The molecule has 0 radical (unpaired) electrons. The van der Waals surface area contributed by atoms with E-state index in [0.717, 1.165) is 17.7 Å². The largest absolute Gasteiger partial charge is 0.326 e. The third-order valence-corrected chi connectivity index (χ3v) is 6.19. The quantitative estimate of drug-likeness (QED) is 0.879. The van der Waals surface area contributed by atoms with Gasteiger partial charge in [-0.2, -0.15) is 0 Å². The molecule has 2 N–H and O–H groups in total. The highest BCUT2D eigenvalue weighted by Gasteiger charge is 2.33. The van der Waals surface area contributed by atoms with Crippen molar-refractivity contribution in [3.8, 4) is 0 Å². The van der Waals surface area contributed by atoms with Gasteiger partial charge in [0.05, 0.1) is 16.5 Å². The summed E-state index contributed by atoms with van der Waals surface area (Å²) in [7, 11) is -2.97. The summed E-state index contributed by atoms with van der Waals surface area (Å²) in [6, 6.07) is -0.286. The van der Waals surface area contributed by atoms with Crippen molar-refractivity contribution in [2.24, 2.45) is 5.73 Å². The first-order chi connectivity index (χ1) is 7.59. The van der Waals surface area contributed by atoms with Gasteiger partial charge in [-0.15, -0.1) is 11.3 Å². The van der Waals surface area contributed by atoms with Crippen LogP contribution in [-0.4, -0.2) is 30.4 Å². The number of aromatic nitrogens is 1. The number of hydrogen-bond donors (Lipinski definition) is 1. The van der Waals surface area contributed by atoms with Gasteiger partial charge in [0.15, 0.2) is 9.84 Å². The van der Waals surface area contributed by atoms with E-state index in [1.54, 1.807) is 11.7 Å². The molecule has 0 aliphatic carbocycles. The van der Waals surface area contributed by atoms with E-state index in [1.165, 1.54) is 11.3 Å². The van der Waals surface area contributed by atoms with Crippen LogP contribution in [0, 0.1) is 0 Å². The molecule has 1 aliphatic rings. The molecule has 1 aromatic heterocycles. The Balaban J connectivity index is 2.06. The maximum atomic E-state index is 11.9. The third-order valence-electron chi connectivity index (χ3n) is 3.03. The van der Waals surface area contributed by atoms with Crippen molar-refractivity contribution in [1.29, 1.82) is 0 Å². The molecule has 2 rings (SSSR count). The maximum Gasteiger partial charge on any atom is 0.154 e. The first-order valence-corrected chi connectivity index (χ1v) is 8.03. The second-order valence-corrected chi connectivity index (χ2v) is 7.55. The zero-order valence-electron chi connectivity index (χ0n) is 9.00. The Kier molecular flexibility index (Phi) is 3.61. The summed E-state index contributed by atoms with van der Waals surface area (Å²) < 4.78 is 23.7. The Morgan fingerprint density at radius 3 is 3.00 bits per heavy atom. The van der Waals surface area contributed by atoms with Gasteiger partial charge in [0, 0.05) is 17.1 Å². The molecule has 2 atom stereocenters. The van der Waals surface area contributed by atoms with E-state index in [2.05, 4.69) is 4.98 Å². The second kappa shape index (κ2) is 4.81. The van der Waals surface area contributed by atoms with Crippen LogP contribution in [0.3, 0.4) is 0 Å². The van der Waals surface area contributed by atoms with Crippen LogP contribution in [0.2, 0.25) is 0 Å². The lowest BCUT2D eigenvalue weighted by atomic mass is 10.0. The Bertz CT molecular complexity index is 428. The van der Waals surface area contributed by atoms with Crippen LogP contribution in [0.15, 0.2) is 11.7 Å². The number of nitrogens with zero attached hydrogens (tertiary/aromatic N) is 1. The van der Waals surface area contributed by atoms with Crippen LogP contribution in [0.5, 0.6) is 0 Å². The fourth-order valence-electron chi connectivity index (χ4n) is 2.17. The Morgan fingerprint density at radius 1 is 1.56 bits per heavy atom. The Labute approximate surface area is 99.8 Å². The summed E-state index contributed by atoms with van der Waals surface area (Å²) in [6.07, 6.45) is 4.85. The van der Waals surface area contributed by atoms with E-state index in [1.807, 2.05) is 0 Å². The summed E-state index contributed by atoms with van der Waals surface area (Å²) in [4.78, 5) is 5.03. The molecule has 0 bridgehead atoms. The van der Waals surface area contributed by atoms with Crippen molar-refractivity contribution < 1.29 is 8.42 Å². The number of hydrogen-bond acceptors (Lipinski definition) is 5. The number of sulfone groups is 1. The molecule has 90 valence electrons. The third kappa shape index (κ3) is 2.61. The fraction of sp³-hybridized carbons (Fsp3) is 0.700. The molecular weight excluding hydrogens is 244 g/mol. The normalized spacial score (nSPS) is 26.4. The number of rotatable bonds is 3. The predicted molar refractivity (Wildman–Crippen MR) is 65.2 cm³/mol. The molecule has 4 nitrogen and oxygen atoms in total. The van der Waals surface area contributed by atoms with Gasteiger partial charge in [-0.25, -0.2) is 8.42 Å². The highest BCUT2D eigenvalue weighted by Crippen LogP contribution is 2.23. The van der Waals surface area contributed by atoms with E-state index in [-0.39, 0.29) is 11.3 Å². The van der Waals surface area contributed by atoms with E-state index >= 15 is 0 Å². The molecular formula is C10H16N2O2S2. The van der Waals surface area contributed by atoms with Crippen LogP contribution >= 0.6 is 11.3 Å². The molecule has 1 fully saturated rings. The molecule has 0 amide bonds. The van der Waals surface area contributed by atoms with Crippen LogP contribution in [0.4, 0.5) is 0 Å². The summed E-state index contributed by atoms with van der Waals surface area (Å²) in [5, 5.41) is -0.358. The highest BCUT2D eigenvalue weighted by atomic mass is 32.2. The SMILES string of the molecule is NC(Cc1cncs1)C1CCCCS1(=O)=O. The van der Waals surface area contributed by atoms with Gasteiger partial charge in [-0.1, -0.05) is 6.42 Å². The monoisotopic (exact) mass is 260 g/mol. The molecule has 1 aromatic rings. The first kappa shape index (κ1) is 12.0. The van der Waals surface area contributed by atoms with Crippen LogP contribution in [-0.2, 0) is 16.3 Å². The molecule has 16 heavy (non-hydrogen) atoms. The molecule has 0 spiro atoms. The molecule has 2 heterocycles. The van der Waals surface area contributed by atoms with E-state index in [0.29, 0.717) is 18.6 Å². The molecule has 0 saturated carbocycles. The van der Waals surface area contributed by atoms with Crippen molar-refractivity contribution in [1.82, 2.24) is 4.98 Å². The van der Waals surface area contributed by atoms with E-state index < -0.39 is 9.84 Å². The van der Waals surface area contributed by atoms with E-state index in [4.69, 9.17) is 5.73 Å². The van der Waals surface area contributed by atoms with Crippen LogP contribution in [0.1, 0.15) is 24.1 Å². The van der Waals surface area contributed by atoms with Crippen molar-refractivity contribution in [2.75, 3.05) is 5.75 Å². The van der Waals surface area contributed by atoms with Crippen LogP contribution in [0.25, 0.3) is 0 Å². The number of nitrogens with two attached hydrogens (primary N) is 1. The predicted octanol–water partition coefficient (Wildman–Crippen LogP) is 0.980. The van der Waals surface area contributed by atoms with Gasteiger partial charge in [0.1, 0.15) is 0 Å². The van der Waals surface area contributed by atoms with Gasteiger partial charge < -0.3 is 5.73 Å². The summed E-state index contributed by atoms with van der Waals surface area (Å²) in [6.45, 7) is 0. The molecule has 6 heteroatoms. The molecule has 0 aromatic carbocycles. The van der Waals surface area contributed by atoms with Gasteiger partial charge in [-0.05, 0) is 19.3 Å². The average Bonchev–Trinajstić information content (AvgIpc) is 2.69. The zero-order valence-corrected chi connectivity index (χ0v) is 10.6. The fourth-order valence-corrected chi connectivity index (χ4v) is 4.90. The Hall–Kier alpha value is -0.460. The highest BCUT2D eigenvalue weighted by molar-refractivity contribution is 7.92. The van der Waals surface area contributed by atoms with E-state index in [9.17, 15) is 8.42 Å². The van der Waals surface area contributed by atoms with Crippen molar-refractivity contribution in [3.05, 3.63) is 16.6 Å². The number of thiazole rings is 1. The minimum absolute atomic E-state index is 0.286. The minimum atomic E-state index is -2.97. The summed E-state index contributed by atoms with van der Waals surface area (Å²) in [5.41, 5.74) is 7.76. The molecule has 2 unspecified atom stereocenters. The standard InChI is InChI=1S/C10H16N2O2S2/c11-9(5-8-6-12-7-15-8)10-3-1-2-4-16(10,13)14/h6-7,9-10H,1-5,11H2. The van der Waals surface area contributed by atoms with Gasteiger partial charge >= 0.3 is 0 Å². The molecule has 1 aliphatic heterocycles. The maximum absolute atomic E-state index is 11.9. The summed E-state index contributed by atoms with van der Waals surface area (Å²) >= 11 is 1.53. The average molecular weight is 260 g/mol. The lowest BCUT2D eigenvalue weighted by Gasteiger charge is -2.27. The van der Waals surface area contributed by atoms with Crippen LogP contribution < -0.4 is 5.73 Å². The first-order valence-electron chi connectivity index (χ1n) is 5.44. The Morgan fingerprint density at radius 2 is 2.38 bits per heavy atom. The lowest BCUT2D eigenvalue weighted by Crippen LogP contribution is -2.44. The zero-order chi connectivity index (χ0) is 11.6. The van der Waals surface area contributed by atoms with Gasteiger partial charge in [0.2, 0.25) is 0 Å². The van der Waals surface area contributed by atoms with Gasteiger partial charge in [-0.3, -0.25) is 4.98 Å². The molecule has 1 saturated heterocycles. The van der Waals surface area contributed by atoms with Crippen molar-refractivity contribution >= 4 is 21.2 Å². The minimum Gasteiger partial charge on any atom is -0.326 e. The lowest BCUT2D eigenvalue weighted by molar-refractivity contribution is 0.496. The van der Waals surface area contributed by atoms with Gasteiger partial charge in [0.25, 0.3) is 0 Å². The van der Waals surface area contributed by atoms with Crippen molar-refractivity contribution in [3.63, 3.8) is 0 Å². The topological polar surface area (TPSA) is 73.0 Å². The summed E-state index contributed by atoms with van der Waals surface area (Å²) in [5.74, 6) is 0.300. The smallest absolute Gasteiger partial charge is 0.154 e.